The van der Waals surface area contributed by atoms with Gasteiger partial charge in [0.15, 0.2) is 0 Å². The molecule has 2 atom stereocenters. The standard InChI is InChI=1S/C12H21NO.C2H6.CH5N/c1-9(2)11(5)8(14)13(7)10(3,4)12(9,11)6;2*1-2/h1-7H3;1-2H3;2H2,1H3. The van der Waals surface area contributed by atoms with Crippen LogP contribution in [-0.4, -0.2) is 30.4 Å². The molecule has 0 aromatic rings. The van der Waals surface area contributed by atoms with E-state index in [0.717, 1.165) is 0 Å². The Hall–Kier alpha value is -0.570. The molecule has 1 saturated carbocycles. The molecule has 2 rings (SSSR count). The molecule has 2 aliphatic rings. The highest BCUT2D eigenvalue weighted by molar-refractivity contribution is 5.93. The molecular weight excluding hydrogens is 224 g/mol. The van der Waals surface area contributed by atoms with Gasteiger partial charge in [0.2, 0.25) is 5.91 Å². The first-order valence-corrected chi connectivity index (χ1v) is 6.93. The summed E-state index contributed by atoms with van der Waals surface area (Å²) >= 11 is 0. The average Bonchev–Trinajstić information content (AvgIpc) is 2.69. The van der Waals surface area contributed by atoms with Gasteiger partial charge in [0.25, 0.3) is 0 Å². The van der Waals surface area contributed by atoms with E-state index in [9.17, 15) is 4.79 Å². The number of piperidine rings is 1. The van der Waals surface area contributed by atoms with E-state index in [1.54, 1.807) is 0 Å². The third-order valence-corrected chi connectivity index (χ3v) is 6.23. The normalized spacial score (nSPS) is 37.9. The van der Waals surface area contributed by atoms with Crippen molar-refractivity contribution >= 4 is 5.91 Å². The summed E-state index contributed by atoms with van der Waals surface area (Å²) in [7, 11) is 3.43. The van der Waals surface area contributed by atoms with Gasteiger partial charge < -0.3 is 10.6 Å². The Bertz CT molecular complexity index is 335. The number of fused-ring (bicyclic) bond motifs is 1. The predicted molar refractivity (Wildman–Crippen MR) is 78.3 cm³/mol. The summed E-state index contributed by atoms with van der Waals surface area (Å²) in [4.78, 5) is 14.2. The molecule has 0 spiro atoms. The molecule has 1 saturated heterocycles. The van der Waals surface area contributed by atoms with Gasteiger partial charge in [-0.3, -0.25) is 4.79 Å². The number of amides is 1. The summed E-state index contributed by atoms with van der Waals surface area (Å²) in [6, 6.07) is 0. The number of carbonyl (C=O) groups excluding carboxylic acids is 1. The molecule has 0 aromatic heterocycles. The lowest BCUT2D eigenvalue weighted by Gasteiger charge is -2.39. The Balaban J connectivity index is 0.000000659. The maximum Gasteiger partial charge on any atom is 0.229 e. The molecule has 3 nitrogen and oxygen atoms in total. The molecule has 0 bridgehead atoms. The summed E-state index contributed by atoms with van der Waals surface area (Å²) in [5.41, 5.74) is 4.56. The van der Waals surface area contributed by atoms with Crippen molar-refractivity contribution < 1.29 is 4.79 Å². The predicted octanol–water partition coefficient (Wildman–Crippen LogP) is 2.89. The summed E-state index contributed by atoms with van der Waals surface area (Å²) in [5, 5.41) is 0. The fourth-order valence-electron chi connectivity index (χ4n) is 4.13. The lowest BCUT2D eigenvalue weighted by molar-refractivity contribution is -0.137. The Kier molecular flexibility index (Phi) is 4.37. The largest absolute Gasteiger partial charge is 0.340 e. The topological polar surface area (TPSA) is 46.3 Å². The van der Waals surface area contributed by atoms with Gasteiger partial charge in [-0.25, -0.2) is 0 Å². The summed E-state index contributed by atoms with van der Waals surface area (Å²) in [6.07, 6.45) is 0. The van der Waals surface area contributed by atoms with Crippen molar-refractivity contribution in [2.45, 2.75) is 60.9 Å². The second-order valence-corrected chi connectivity index (χ2v) is 6.30. The highest BCUT2D eigenvalue weighted by atomic mass is 16.2. The number of likely N-dealkylation sites (tertiary alicyclic amines) is 1. The fourth-order valence-corrected chi connectivity index (χ4v) is 4.13. The molecule has 1 aliphatic heterocycles. The lowest BCUT2D eigenvalue weighted by Crippen LogP contribution is -2.48. The van der Waals surface area contributed by atoms with Gasteiger partial charge in [0.05, 0.1) is 5.41 Å². The van der Waals surface area contributed by atoms with E-state index in [2.05, 4.69) is 47.3 Å². The van der Waals surface area contributed by atoms with E-state index in [-0.39, 0.29) is 21.8 Å². The molecule has 1 amide bonds. The van der Waals surface area contributed by atoms with Crippen LogP contribution in [0.25, 0.3) is 0 Å². The highest BCUT2D eigenvalue weighted by Crippen LogP contribution is 2.85. The van der Waals surface area contributed by atoms with Gasteiger partial charge in [-0.2, -0.15) is 0 Å². The van der Waals surface area contributed by atoms with Crippen molar-refractivity contribution in [3.05, 3.63) is 0 Å². The molecule has 2 fully saturated rings. The minimum atomic E-state index is -0.155. The van der Waals surface area contributed by atoms with E-state index in [1.807, 2.05) is 25.8 Å². The van der Waals surface area contributed by atoms with Gasteiger partial charge in [0, 0.05) is 18.0 Å². The van der Waals surface area contributed by atoms with Crippen molar-refractivity contribution in [1.29, 1.82) is 0 Å². The Labute approximate surface area is 113 Å². The second kappa shape index (κ2) is 4.52. The molecule has 2 N–H and O–H groups in total. The van der Waals surface area contributed by atoms with Crippen molar-refractivity contribution in [3.63, 3.8) is 0 Å². The third kappa shape index (κ3) is 1.31. The van der Waals surface area contributed by atoms with Crippen LogP contribution in [0.4, 0.5) is 0 Å². The molecular formula is C15H32N2O. The number of hydrogen-bond donors (Lipinski definition) is 1. The van der Waals surface area contributed by atoms with Gasteiger partial charge in [-0.1, -0.05) is 34.6 Å². The van der Waals surface area contributed by atoms with E-state index in [1.165, 1.54) is 7.05 Å². The molecule has 18 heavy (non-hydrogen) atoms. The first-order valence-electron chi connectivity index (χ1n) is 6.93. The van der Waals surface area contributed by atoms with E-state index in [0.29, 0.717) is 5.91 Å². The zero-order valence-corrected chi connectivity index (χ0v) is 13.9. The van der Waals surface area contributed by atoms with Crippen LogP contribution in [0.15, 0.2) is 0 Å². The van der Waals surface area contributed by atoms with Crippen molar-refractivity contribution in [2.75, 3.05) is 14.1 Å². The van der Waals surface area contributed by atoms with Crippen molar-refractivity contribution in [1.82, 2.24) is 4.90 Å². The smallest absolute Gasteiger partial charge is 0.229 e. The zero-order valence-electron chi connectivity index (χ0n) is 13.9. The number of nitrogens with zero attached hydrogens (tertiary/aromatic N) is 1. The van der Waals surface area contributed by atoms with Crippen LogP contribution in [-0.2, 0) is 4.79 Å². The van der Waals surface area contributed by atoms with Crippen LogP contribution < -0.4 is 5.73 Å². The Morgan fingerprint density at radius 3 is 1.44 bits per heavy atom. The van der Waals surface area contributed by atoms with Gasteiger partial charge in [0.1, 0.15) is 0 Å². The zero-order chi connectivity index (χ0) is 15.2. The monoisotopic (exact) mass is 256 g/mol. The third-order valence-electron chi connectivity index (χ3n) is 6.23. The van der Waals surface area contributed by atoms with Crippen LogP contribution in [0.5, 0.6) is 0 Å². The molecule has 0 radical (unpaired) electrons. The lowest BCUT2D eigenvalue weighted by atomic mass is 9.79. The summed E-state index contributed by atoms with van der Waals surface area (Å²) in [5.74, 6) is 0.315. The number of nitrogens with two attached hydrogens (primary N) is 1. The average molecular weight is 256 g/mol. The van der Waals surface area contributed by atoms with E-state index >= 15 is 0 Å². The first kappa shape index (κ1) is 17.4. The highest BCUT2D eigenvalue weighted by Gasteiger charge is 2.90. The van der Waals surface area contributed by atoms with E-state index < -0.39 is 0 Å². The van der Waals surface area contributed by atoms with Crippen molar-refractivity contribution in [3.8, 4) is 0 Å². The maximum atomic E-state index is 12.2. The number of hydrogen-bond acceptors (Lipinski definition) is 2. The first-order chi connectivity index (χ1) is 8.07. The molecule has 3 heteroatoms. The Morgan fingerprint density at radius 2 is 1.28 bits per heavy atom. The molecule has 1 heterocycles. The van der Waals surface area contributed by atoms with Crippen molar-refractivity contribution in [2.24, 2.45) is 22.0 Å². The number of carbonyl (C=O) groups is 1. The van der Waals surface area contributed by atoms with Crippen LogP contribution in [0.3, 0.4) is 0 Å². The molecule has 1 aliphatic carbocycles. The van der Waals surface area contributed by atoms with E-state index in [4.69, 9.17) is 0 Å². The second-order valence-electron chi connectivity index (χ2n) is 6.30. The van der Waals surface area contributed by atoms with Gasteiger partial charge >= 0.3 is 0 Å². The van der Waals surface area contributed by atoms with Crippen LogP contribution >= 0.6 is 0 Å². The minimum Gasteiger partial charge on any atom is -0.340 e. The molecule has 108 valence electrons. The van der Waals surface area contributed by atoms with Gasteiger partial charge in [-0.15, -0.1) is 0 Å². The van der Waals surface area contributed by atoms with Gasteiger partial charge in [-0.05, 0) is 33.2 Å². The quantitative estimate of drug-likeness (QED) is 0.724. The minimum absolute atomic E-state index is 0.0255. The molecule has 2 unspecified atom stereocenters. The summed E-state index contributed by atoms with van der Waals surface area (Å²) in [6.45, 7) is 17.2. The van der Waals surface area contributed by atoms with Crippen LogP contribution in [0.1, 0.15) is 55.4 Å². The fraction of sp³-hybridized carbons (Fsp3) is 0.933. The van der Waals surface area contributed by atoms with Crippen LogP contribution in [0.2, 0.25) is 0 Å². The van der Waals surface area contributed by atoms with Crippen LogP contribution in [0, 0.1) is 16.2 Å². The summed E-state index contributed by atoms with van der Waals surface area (Å²) < 4.78 is 0. The Morgan fingerprint density at radius 1 is 0.944 bits per heavy atom. The number of rotatable bonds is 0. The SMILES string of the molecule is CC.CN.CN1C(=O)C2(C)C(C)(C)C2(C)C1(C)C. The molecule has 0 aromatic carbocycles. The maximum absolute atomic E-state index is 12.2.